The predicted molar refractivity (Wildman–Crippen MR) is 84.9 cm³/mol. The van der Waals surface area contributed by atoms with E-state index in [0.717, 1.165) is 43.4 Å². The lowest BCUT2D eigenvalue weighted by atomic mass is 10.3. The maximum atomic E-state index is 12.1. The Morgan fingerprint density at radius 3 is 3.05 bits per heavy atom. The predicted octanol–water partition coefficient (Wildman–Crippen LogP) is 1.27. The molecule has 0 aromatic carbocycles. The van der Waals surface area contributed by atoms with E-state index in [0.29, 0.717) is 12.2 Å². The van der Waals surface area contributed by atoms with Gasteiger partial charge in [0.2, 0.25) is 0 Å². The number of aromatic nitrogens is 2. The summed E-state index contributed by atoms with van der Waals surface area (Å²) in [5, 5.41) is 5.51. The highest BCUT2D eigenvalue weighted by atomic mass is 32.1. The van der Waals surface area contributed by atoms with Crippen LogP contribution in [-0.4, -0.2) is 60.2 Å². The van der Waals surface area contributed by atoms with Crippen molar-refractivity contribution in [1.29, 1.82) is 0 Å². The minimum atomic E-state index is -0.125. The van der Waals surface area contributed by atoms with Crippen LogP contribution in [-0.2, 0) is 4.74 Å². The molecule has 1 N–H and O–H groups in total. The Labute approximate surface area is 133 Å². The molecule has 1 aliphatic heterocycles. The van der Waals surface area contributed by atoms with Gasteiger partial charge in [0, 0.05) is 49.5 Å². The molecule has 0 unspecified atom stereocenters. The van der Waals surface area contributed by atoms with Gasteiger partial charge in [-0.05, 0) is 12.1 Å². The van der Waals surface area contributed by atoms with Gasteiger partial charge in [-0.25, -0.2) is 4.98 Å². The number of hydrogen-bond donors (Lipinski definition) is 1. The smallest absolute Gasteiger partial charge is 0.270 e. The van der Waals surface area contributed by atoms with E-state index >= 15 is 0 Å². The Balaban J connectivity index is 1.51. The molecule has 22 heavy (non-hydrogen) atoms. The Morgan fingerprint density at radius 1 is 1.41 bits per heavy atom. The molecule has 1 saturated heterocycles. The zero-order chi connectivity index (χ0) is 15.2. The average Bonchev–Trinajstić information content (AvgIpc) is 3.07. The summed E-state index contributed by atoms with van der Waals surface area (Å²) >= 11 is 1.45. The molecule has 1 fully saturated rings. The lowest BCUT2D eigenvalue weighted by molar-refractivity contribution is 0.0383. The number of ether oxygens (including phenoxy) is 1. The normalized spacial score (nSPS) is 15.6. The van der Waals surface area contributed by atoms with E-state index in [1.807, 2.05) is 12.1 Å². The SMILES string of the molecule is O=C(NCCN1CCOCC1)c1csc(-c2cccnc2)n1. The molecule has 3 heterocycles. The fourth-order valence-electron chi connectivity index (χ4n) is 2.24. The highest BCUT2D eigenvalue weighted by Crippen LogP contribution is 2.22. The zero-order valence-electron chi connectivity index (χ0n) is 12.2. The molecule has 3 rings (SSSR count). The summed E-state index contributed by atoms with van der Waals surface area (Å²) in [4.78, 5) is 22.8. The van der Waals surface area contributed by atoms with Gasteiger partial charge >= 0.3 is 0 Å². The van der Waals surface area contributed by atoms with Gasteiger partial charge in [0.25, 0.3) is 5.91 Å². The molecule has 0 atom stereocenters. The molecule has 1 amide bonds. The molecule has 0 saturated carbocycles. The van der Waals surface area contributed by atoms with Crippen molar-refractivity contribution in [2.75, 3.05) is 39.4 Å². The maximum Gasteiger partial charge on any atom is 0.270 e. The third-order valence-electron chi connectivity index (χ3n) is 3.46. The number of amides is 1. The van der Waals surface area contributed by atoms with Crippen LogP contribution >= 0.6 is 11.3 Å². The Bertz CT molecular complexity index is 611. The number of thiazole rings is 1. The van der Waals surface area contributed by atoms with Gasteiger partial charge in [-0.3, -0.25) is 14.7 Å². The minimum absolute atomic E-state index is 0.125. The molecule has 7 heteroatoms. The van der Waals surface area contributed by atoms with Gasteiger partial charge in [0.05, 0.1) is 13.2 Å². The van der Waals surface area contributed by atoms with Crippen molar-refractivity contribution in [3.05, 3.63) is 35.6 Å². The summed E-state index contributed by atoms with van der Waals surface area (Å²) in [6, 6.07) is 3.80. The highest BCUT2D eigenvalue weighted by molar-refractivity contribution is 7.13. The second-order valence-corrected chi connectivity index (χ2v) is 5.85. The molecule has 0 bridgehead atoms. The van der Waals surface area contributed by atoms with Crippen LogP contribution in [0.4, 0.5) is 0 Å². The number of carbonyl (C=O) groups excluding carboxylic acids is 1. The fourth-order valence-corrected chi connectivity index (χ4v) is 3.03. The van der Waals surface area contributed by atoms with E-state index in [1.54, 1.807) is 17.8 Å². The largest absolute Gasteiger partial charge is 0.379 e. The number of nitrogens with zero attached hydrogens (tertiary/aromatic N) is 3. The van der Waals surface area contributed by atoms with Gasteiger partial charge in [0.15, 0.2) is 0 Å². The van der Waals surface area contributed by atoms with Crippen LogP contribution in [0.15, 0.2) is 29.9 Å². The molecule has 1 aliphatic rings. The average molecular weight is 318 g/mol. The monoisotopic (exact) mass is 318 g/mol. The second kappa shape index (κ2) is 7.44. The maximum absolute atomic E-state index is 12.1. The van der Waals surface area contributed by atoms with Crippen molar-refractivity contribution in [3.63, 3.8) is 0 Å². The summed E-state index contributed by atoms with van der Waals surface area (Å²) < 4.78 is 5.30. The molecule has 0 radical (unpaired) electrons. The number of nitrogens with one attached hydrogen (secondary N) is 1. The van der Waals surface area contributed by atoms with Crippen molar-refractivity contribution < 1.29 is 9.53 Å². The first-order valence-corrected chi connectivity index (χ1v) is 8.15. The quantitative estimate of drug-likeness (QED) is 0.899. The molecule has 2 aromatic heterocycles. The Kier molecular flexibility index (Phi) is 5.10. The lowest BCUT2D eigenvalue weighted by Gasteiger charge is -2.26. The molecule has 116 valence electrons. The van der Waals surface area contributed by atoms with E-state index in [1.165, 1.54) is 11.3 Å². The van der Waals surface area contributed by atoms with Crippen LogP contribution < -0.4 is 5.32 Å². The number of hydrogen-bond acceptors (Lipinski definition) is 6. The van der Waals surface area contributed by atoms with Crippen molar-refractivity contribution in [1.82, 2.24) is 20.2 Å². The topological polar surface area (TPSA) is 67.4 Å². The summed E-state index contributed by atoms with van der Waals surface area (Å²) in [6.45, 7) is 4.87. The lowest BCUT2D eigenvalue weighted by Crippen LogP contribution is -2.41. The van der Waals surface area contributed by atoms with E-state index in [-0.39, 0.29) is 5.91 Å². The van der Waals surface area contributed by atoms with Crippen LogP contribution in [0.25, 0.3) is 10.6 Å². The van der Waals surface area contributed by atoms with Crippen LogP contribution in [0.1, 0.15) is 10.5 Å². The van der Waals surface area contributed by atoms with Gasteiger partial charge in [0.1, 0.15) is 10.7 Å². The Morgan fingerprint density at radius 2 is 2.27 bits per heavy atom. The van der Waals surface area contributed by atoms with Crippen LogP contribution in [0.3, 0.4) is 0 Å². The van der Waals surface area contributed by atoms with E-state index in [9.17, 15) is 4.79 Å². The highest BCUT2D eigenvalue weighted by Gasteiger charge is 2.13. The molecular formula is C15H18N4O2S. The van der Waals surface area contributed by atoms with E-state index in [4.69, 9.17) is 4.74 Å². The van der Waals surface area contributed by atoms with Crippen molar-refractivity contribution in [2.24, 2.45) is 0 Å². The van der Waals surface area contributed by atoms with Gasteiger partial charge < -0.3 is 10.1 Å². The zero-order valence-corrected chi connectivity index (χ0v) is 13.0. The molecular weight excluding hydrogens is 300 g/mol. The third kappa shape index (κ3) is 3.88. The number of carbonyl (C=O) groups is 1. The minimum Gasteiger partial charge on any atom is -0.379 e. The summed E-state index contributed by atoms with van der Waals surface area (Å²) in [7, 11) is 0. The van der Waals surface area contributed by atoms with Crippen LogP contribution in [0, 0.1) is 0 Å². The van der Waals surface area contributed by atoms with Gasteiger partial charge in [-0.2, -0.15) is 0 Å². The molecule has 2 aromatic rings. The van der Waals surface area contributed by atoms with E-state index < -0.39 is 0 Å². The molecule has 0 spiro atoms. The second-order valence-electron chi connectivity index (χ2n) is 4.99. The summed E-state index contributed by atoms with van der Waals surface area (Å²) in [6.07, 6.45) is 3.47. The van der Waals surface area contributed by atoms with E-state index in [2.05, 4.69) is 20.2 Å². The van der Waals surface area contributed by atoms with Crippen molar-refractivity contribution in [3.8, 4) is 10.6 Å². The summed E-state index contributed by atoms with van der Waals surface area (Å²) in [5.74, 6) is -0.125. The Hall–Kier alpha value is -1.83. The van der Waals surface area contributed by atoms with Crippen LogP contribution in [0.2, 0.25) is 0 Å². The molecule has 0 aliphatic carbocycles. The first-order valence-electron chi connectivity index (χ1n) is 7.27. The summed E-state index contributed by atoms with van der Waals surface area (Å²) in [5.41, 5.74) is 1.39. The van der Waals surface area contributed by atoms with Gasteiger partial charge in [-0.1, -0.05) is 0 Å². The first kappa shape index (κ1) is 15.1. The fraction of sp³-hybridized carbons (Fsp3) is 0.400. The number of morpholine rings is 1. The van der Waals surface area contributed by atoms with Gasteiger partial charge in [-0.15, -0.1) is 11.3 Å². The number of rotatable bonds is 5. The third-order valence-corrected chi connectivity index (χ3v) is 4.35. The number of pyridine rings is 1. The standard InChI is InChI=1S/C15H18N4O2S/c20-14(17-4-5-19-6-8-21-9-7-19)13-11-22-15(18-13)12-2-1-3-16-10-12/h1-3,10-11H,4-9H2,(H,17,20). The van der Waals surface area contributed by atoms with Crippen LogP contribution in [0.5, 0.6) is 0 Å². The molecule has 6 nitrogen and oxygen atoms in total. The van der Waals surface area contributed by atoms with Crippen molar-refractivity contribution >= 4 is 17.2 Å². The van der Waals surface area contributed by atoms with Crippen molar-refractivity contribution in [2.45, 2.75) is 0 Å². The first-order chi connectivity index (χ1) is 10.8.